The quantitative estimate of drug-likeness (QED) is 0.770. The molecular formula is C18H16N6O2. The van der Waals surface area contributed by atoms with E-state index in [-0.39, 0.29) is 6.54 Å². The van der Waals surface area contributed by atoms with E-state index in [2.05, 4.69) is 15.5 Å². The summed E-state index contributed by atoms with van der Waals surface area (Å²) in [7, 11) is 0. The van der Waals surface area contributed by atoms with Crippen molar-refractivity contribution in [1.82, 2.24) is 19.6 Å². The molecule has 0 spiro atoms. The van der Waals surface area contributed by atoms with Crippen molar-refractivity contribution in [1.29, 1.82) is 5.26 Å². The number of hydrogen-bond acceptors (Lipinski definition) is 5. The molecule has 1 aromatic carbocycles. The average molecular weight is 348 g/mol. The van der Waals surface area contributed by atoms with E-state index >= 15 is 0 Å². The number of nitrogens with one attached hydrogen (secondary N) is 1. The highest BCUT2D eigenvalue weighted by Crippen LogP contribution is 2.13. The summed E-state index contributed by atoms with van der Waals surface area (Å²) in [6.07, 6.45) is 0. The number of nitriles is 1. The monoisotopic (exact) mass is 348 g/mol. The Bertz CT molecular complexity index is 1070. The summed E-state index contributed by atoms with van der Waals surface area (Å²) in [5.41, 5.74) is 2.03. The molecule has 0 aliphatic rings. The van der Waals surface area contributed by atoms with Gasteiger partial charge in [0, 0.05) is 11.8 Å². The lowest BCUT2D eigenvalue weighted by molar-refractivity contribution is -0.117. The van der Waals surface area contributed by atoms with Crippen molar-refractivity contribution >= 4 is 11.6 Å². The number of anilines is 1. The molecule has 0 aliphatic heterocycles. The Labute approximate surface area is 149 Å². The summed E-state index contributed by atoms with van der Waals surface area (Å²) in [6.45, 7) is 3.47. The van der Waals surface area contributed by atoms with Gasteiger partial charge in [-0.2, -0.15) is 10.4 Å². The fourth-order valence-corrected chi connectivity index (χ4v) is 2.54. The molecule has 130 valence electrons. The number of para-hydroxylation sites is 1. The Morgan fingerprint density at radius 3 is 2.65 bits per heavy atom. The molecule has 0 saturated carbocycles. The van der Waals surface area contributed by atoms with Gasteiger partial charge in [-0.15, -0.1) is 5.10 Å². The normalized spacial score (nSPS) is 10.3. The molecule has 3 aromatic rings. The van der Waals surface area contributed by atoms with Crippen LogP contribution in [0.3, 0.4) is 0 Å². The molecule has 1 N–H and O–H groups in total. The zero-order valence-electron chi connectivity index (χ0n) is 14.3. The predicted molar refractivity (Wildman–Crippen MR) is 94.9 cm³/mol. The van der Waals surface area contributed by atoms with E-state index in [0.717, 1.165) is 16.1 Å². The summed E-state index contributed by atoms with van der Waals surface area (Å²) in [4.78, 5) is 24.3. The number of aromatic nitrogens is 4. The summed E-state index contributed by atoms with van der Waals surface area (Å²) < 4.78 is 2.67. The minimum absolute atomic E-state index is 0.272. The van der Waals surface area contributed by atoms with E-state index in [0.29, 0.717) is 17.1 Å². The summed E-state index contributed by atoms with van der Waals surface area (Å²) in [5, 5.41) is 20.2. The van der Waals surface area contributed by atoms with Crippen molar-refractivity contribution in [2.45, 2.75) is 20.4 Å². The third kappa shape index (κ3) is 3.52. The number of aryl methyl sites for hydroxylation is 2. The van der Waals surface area contributed by atoms with Crippen molar-refractivity contribution < 1.29 is 4.79 Å². The van der Waals surface area contributed by atoms with Crippen LogP contribution in [0.2, 0.25) is 0 Å². The van der Waals surface area contributed by atoms with Crippen molar-refractivity contribution in [2.24, 2.45) is 0 Å². The van der Waals surface area contributed by atoms with Gasteiger partial charge in [-0.1, -0.05) is 12.1 Å². The summed E-state index contributed by atoms with van der Waals surface area (Å²) in [6, 6.07) is 13.4. The first-order chi connectivity index (χ1) is 12.5. The van der Waals surface area contributed by atoms with E-state index in [1.165, 1.54) is 6.07 Å². The molecule has 0 radical (unpaired) electrons. The first-order valence-corrected chi connectivity index (χ1v) is 7.89. The fourth-order valence-electron chi connectivity index (χ4n) is 2.54. The molecular weight excluding hydrogens is 332 g/mol. The van der Waals surface area contributed by atoms with E-state index in [1.54, 1.807) is 35.0 Å². The molecule has 26 heavy (non-hydrogen) atoms. The first-order valence-electron chi connectivity index (χ1n) is 7.89. The smallest absolute Gasteiger partial charge is 0.267 e. The molecule has 0 fully saturated rings. The molecule has 0 saturated heterocycles. The van der Waals surface area contributed by atoms with Gasteiger partial charge in [-0.05, 0) is 38.1 Å². The van der Waals surface area contributed by atoms with E-state index < -0.39 is 11.5 Å². The first kappa shape index (κ1) is 17.1. The number of carbonyl (C=O) groups excluding carboxylic acids is 1. The van der Waals surface area contributed by atoms with Crippen molar-refractivity contribution in [3.05, 3.63) is 69.8 Å². The second-order valence-corrected chi connectivity index (χ2v) is 5.73. The van der Waals surface area contributed by atoms with Crippen LogP contribution in [0.15, 0.2) is 47.3 Å². The van der Waals surface area contributed by atoms with Gasteiger partial charge in [0.25, 0.3) is 5.56 Å². The molecule has 0 aliphatic carbocycles. The fraction of sp³-hybridized carbons (Fsp3) is 0.167. The van der Waals surface area contributed by atoms with Gasteiger partial charge in [0.2, 0.25) is 5.91 Å². The number of amides is 1. The van der Waals surface area contributed by atoms with Gasteiger partial charge in [-0.25, -0.2) is 9.36 Å². The van der Waals surface area contributed by atoms with Gasteiger partial charge in [0.1, 0.15) is 12.6 Å². The molecule has 0 bridgehead atoms. The lowest BCUT2D eigenvalue weighted by atomic mass is 10.2. The highest BCUT2D eigenvalue weighted by Gasteiger charge is 2.11. The molecule has 2 aromatic heterocycles. The van der Waals surface area contributed by atoms with Crippen LogP contribution in [0.25, 0.3) is 5.82 Å². The number of benzene rings is 1. The summed E-state index contributed by atoms with van der Waals surface area (Å²) >= 11 is 0. The molecule has 1 amide bonds. The van der Waals surface area contributed by atoms with Crippen molar-refractivity contribution in [3.8, 4) is 11.9 Å². The Kier molecular flexibility index (Phi) is 4.62. The maximum absolute atomic E-state index is 12.3. The second kappa shape index (κ2) is 7.03. The third-order valence-electron chi connectivity index (χ3n) is 3.69. The van der Waals surface area contributed by atoms with Crippen molar-refractivity contribution in [2.75, 3.05) is 5.32 Å². The topological polar surface area (TPSA) is 106 Å². The lowest BCUT2D eigenvalue weighted by Gasteiger charge is -2.09. The predicted octanol–water partition coefficient (Wildman–Crippen LogP) is 1.56. The minimum Gasteiger partial charge on any atom is -0.323 e. The maximum Gasteiger partial charge on any atom is 0.267 e. The largest absolute Gasteiger partial charge is 0.323 e. The summed E-state index contributed by atoms with van der Waals surface area (Å²) in [5.74, 6) is -0.00626. The van der Waals surface area contributed by atoms with Crippen LogP contribution in [0.4, 0.5) is 5.69 Å². The molecule has 2 heterocycles. The van der Waals surface area contributed by atoms with E-state index in [1.807, 2.05) is 26.0 Å². The van der Waals surface area contributed by atoms with Crippen LogP contribution in [0.5, 0.6) is 0 Å². The second-order valence-electron chi connectivity index (χ2n) is 5.73. The SMILES string of the molecule is Cc1cc(C)n(-c2ccc(=O)n(CC(=O)Nc3ccccc3C#N)n2)n1. The van der Waals surface area contributed by atoms with Gasteiger partial charge < -0.3 is 5.32 Å². The number of carbonyl (C=O) groups is 1. The van der Waals surface area contributed by atoms with Crippen LogP contribution < -0.4 is 10.9 Å². The Morgan fingerprint density at radius 1 is 1.19 bits per heavy atom. The van der Waals surface area contributed by atoms with E-state index in [4.69, 9.17) is 5.26 Å². The standard InChI is InChI=1S/C18H16N6O2/c1-12-9-13(2)24(21-12)16-7-8-18(26)23(22-16)11-17(25)20-15-6-4-3-5-14(15)10-19/h3-9H,11H2,1-2H3,(H,20,25). The van der Waals surface area contributed by atoms with Gasteiger partial charge in [0.05, 0.1) is 16.9 Å². The van der Waals surface area contributed by atoms with Gasteiger partial charge >= 0.3 is 0 Å². The average Bonchev–Trinajstić information content (AvgIpc) is 2.95. The number of rotatable bonds is 4. The van der Waals surface area contributed by atoms with Gasteiger partial charge in [-0.3, -0.25) is 9.59 Å². The third-order valence-corrected chi connectivity index (χ3v) is 3.69. The lowest BCUT2D eigenvalue weighted by Crippen LogP contribution is -2.30. The Hall–Kier alpha value is -3.73. The zero-order chi connectivity index (χ0) is 18.7. The zero-order valence-corrected chi connectivity index (χ0v) is 14.3. The molecule has 8 heteroatoms. The van der Waals surface area contributed by atoms with Crippen LogP contribution in [0.1, 0.15) is 17.0 Å². The number of hydrogen-bond donors (Lipinski definition) is 1. The van der Waals surface area contributed by atoms with Crippen LogP contribution in [0, 0.1) is 25.2 Å². The van der Waals surface area contributed by atoms with Crippen LogP contribution in [-0.2, 0) is 11.3 Å². The molecule has 3 rings (SSSR count). The van der Waals surface area contributed by atoms with E-state index in [9.17, 15) is 9.59 Å². The number of nitrogens with zero attached hydrogens (tertiary/aromatic N) is 5. The molecule has 8 nitrogen and oxygen atoms in total. The Balaban J connectivity index is 1.85. The Morgan fingerprint density at radius 2 is 1.96 bits per heavy atom. The van der Waals surface area contributed by atoms with Crippen LogP contribution in [-0.4, -0.2) is 25.5 Å². The van der Waals surface area contributed by atoms with Gasteiger partial charge in [0.15, 0.2) is 5.82 Å². The minimum atomic E-state index is -0.451. The highest BCUT2D eigenvalue weighted by molar-refractivity contribution is 5.91. The molecule has 0 unspecified atom stereocenters. The maximum atomic E-state index is 12.3. The molecule has 0 atom stereocenters. The highest BCUT2D eigenvalue weighted by atomic mass is 16.2. The van der Waals surface area contributed by atoms with Crippen LogP contribution >= 0.6 is 0 Å². The van der Waals surface area contributed by atoms with Crippen molar-refractivity contribution in [3.63, 3.8) is 0 Å².